The van der Waals surface area contributed by atoms with Crippen LogP contribution in [0.5, 0.6) is 0 Å². The number of carbonyl (C=O) groups excluding carboxylic acids is 2. The summed E-state index contributed by atoms with van der Waals surface area (Å²) in [7, 11) is 2.11. The number of anilines is 1. The molecule has 0 radical (unpaired) electrons. The molecule has 8 heteroatoms. The molecule has 0 atom stereocenters. The zero-order valence-electron chi connectivity index (χ0n) is 15.2. The van der Waals surface area contributed by atoms with E-state index in [-0.39, 0.29) is 11.8 Å². The molecule has 25 heavy (non-hydrogen) atoms. The van der Waals surface area contributed by atoms with Crippen LogP contribution < -0.4 is 4.90 Å². The molecule has 0 unspecified atom stereocenters. The Kier molecular flexibility index (Phi) is 5.17. The zero-order valence-corrected chi connectivity index (χ0v) is 15.2. The summed E-state index contributed by atoms with van der Waals surface area (Å²) in [6, 6.07) is 1.80. The van der Waals surface area contributed by atoms with Crippen LogP contribution in [0.1, 0.15) is 23.2 Å². The molecule has 0 aliphatic carbocycles. The normalized spacial score (nSPS) is 19.2. The van der Waals surface area contributed by atoms with E-state index in [1.54, 1.807) is 22.8 Å². The zero-order chi connectivity index (χ0) is 18.0. The fraction of sp³-hybridized carbons (Fsp3) is 0.647. The molecule has 1 aromatic rings. The third-order valence-corrected chi connectivity index (χ3v) is 4.88. The van der Waals surface area contributed by atoms with E-state index in [1.165, 1.54) is 0 Å². The van der Waals surface area contributed by atoms with Gasteiger partial charge in [-0.3, -0.25) is 9.59 Å². The van der Waals surface area contributed by atoms with Gasteiger partial charge in [0.2, 0.25) is 5.91 Å². The first-order chi connectivity index (χ1) is 11.9. The first-order valence-corrected chi connectivity index (χ1v) is 8.78. The van der Waals surface area contributed by atoms with E-state index in [4.69, 9.17) is 0 Å². The predicted molar refractivity (Wildman–Crippen MR) is 94.6 cm³/mol. The van der Waals surface area contributed by atoms with E-state index in [9.17, 15) is 9.59 Å². The Bertz CT molecular complexity index is 649. The molecule has 0 aromatic carbocycles. The number of piperazine rings is 2. The second-order valence-electron chi connectivity index (χ2n) is 6.75. The van der Waals surface area contributed by atoms with Gasteiger partial charge in [-0.1, -0.05) is 0 Å². The minimum Gasteiger partial charge on any atom is -0.354 e. The maximum atomic E-state index is 12.8. The molecule has 8 nitrogen and oxygen atoms in total. The molecule has 2 saturated heterocycles. The lowest BCUT2D eigenvalue weighted by Gasteiger charge is -2.35. The second-order valence-corrected chi connectivity index (χ2v) is 6.75. The highest BCUT2D eigenvalue weighted by Crippen LogP contribution is 2.17. The Balaban J connectivity index is 1.71. The summed E-state index contributed by atoms with van der Waals surface area (Å²) < 4.78 is 0. The van der Waals surface area contributed by atoms with Crippen LogP contribution in [0.25, 0.3) is 0 Å². The smallest absolute Gasteiger partial charge is 0.272 e. The lowest BCUT2D eigenvalue weighted by atomic mass is 10.2. The molecule has 3 rings (SSSR count). The number of rotatable bonds is 2. The third-order valence-electron chi connectivity index (χ3n) is 4.88. The van der Waals surface area contributed by atoms with Gasteiger partial charge in [0.25, 0.3) is 5.91 Å². The summed E-state index contributed by atoms with van der Waals surface area (Å²) in [5.74, 6) is 1.42. The van der Waals surface area contributed by atoms with Crippen molar-refractivity contribution in [2.24, 2.45) is 0 Å². The van der Waals surface area contributed by atoms with Crippen LogP contribution >= 0.6 is 0 Å². The fourth-order valence-corrected chi connectivity index (χ4v) is 3.25. The average Bonchev–Trinajstić information content (AvgIpc) is 2.61. The van der Waals surface area contributed by atoms with E-state index in [1.807, 2.05) is 6.92 Å². The highest BCUT2D eigenvalue weighted by atomic mass is 16.2. The first kappa shape index (κ1) is 17.6. The van der Waals surface area contributed by atoms with Crippen molar-refractivity contribution in [3.63, 3.8) is 0 Å². The number of aryl methyl sites for hydroxylation is 1. The standard InChI is InChI=1S/C17H26N6O2/c1-13-18-15(12-16(19-13)22-6-4-20(3)5-7-22)17(25)23-10-8-21(9-11-23)14(2)24/h12H,4-11H2,1-3H3. The Labute approximate surface area is 148 Å². The molecule has 2 aliphatic heterocycles. The molecule has 2 amide bonds. The molecule has 0 saturated carbocycles. The molecular weight excluding hydrogens is 320 g/mol. The lowest BCUT2D eigenvalue weighted by Crippen LogP contribution is -2.50. The molecule has 0 N–H and O–H groups in total. The van der Waals surface area contributed by atoms with Gasteiger partial charge < -0.3 is 19.6 Å². The van der Waals surface area contributed by atoms with Crippen molar-refractivity contribution in [2.45, 2.75) is 13.8 Å². The number of carbonyl (C=O) groups is 2. The number of amides is 2. The van der Waals surface area contributed by atoms with Gasteiger partial charge in [0, 0.05) is 65.3 Å². The maximum absolute atomic E-state index is 12.8. The first-order valence-electron chi connectivity index (χ1n) is 8.78. The lowest BCUT2D eigenvalue weighted by molar-refractivity contribution is -0.130. The highest BCUT2D eigenvalue weighted by Gasteiger charge is 2.25. The van der Waals surface area contributed by atoms with Crippen LogP contribution in [0, 0.1) is 6.92 Å². The number of likely N-dealkylation sites (N-methyl/N-ethyl adjacent to an activating group) is 1. The van der Waals surface area contributed by atoms with Crippen LogP contribution in [0.4, 0.5) is 5.82 Å². The molecular formula is C17H26N6O2. The van der Waals surface area contributed by atoms with Crippen molar-refractivity contribution in [3.05, 3.63) is 17.6 Å². The minimum atomic E-state index is -0.0796. The molecule has 0 spiro atoms. The minimum absolute atomic E-state index is 0.0577. The quantitative estimate of drug-likeness (QED) is 0.741. The molecule has 2 fully saturated rings. The number of aromatic nitrogens is 2. The van der Waals surface area contributed by atoms with Gasteiger partial charge in [-0.15, -0.1) is 0 Å². The highest BCUT2D eigenvalue weighted by molar-refractivity contribution is 5.93. The predicted octanol–water partition coefficient (Wildman–Crippen LogP) is -0.159. The van der Waals surface area contributed by atoms with Crippen molar-refractivity contribution in [2.75, 3.05) is 64.3 Å². The average molecular weight is 346 g/mol. The van der Waals surface area contributed by atoms with Crippen LogP contribution in [0.2, 0.25) is 0 Å². The molecule has 2 aliphatic rings. The summed E-state index contributed by atoms with van der Waals surface area (Å²) in [5.41, 5.74) is 0.442. The maximum Gasteiger partial charge on any atom is 0.272 e. The van der Waals surface area contributed by atoms with E-state index in [0.717, 1.165) is 32.0 Å². The van der Waals surface area contributed by atoms with Gasteiger partial charge in [-0.05, 0) is 14.0 Å². The van der Waals surface area contributed by atoms with Gasteiger partial charge in [0.05, 0.1) is 0 Å². The molecule has 3 heterocycles. The van der Waals surface area contributed by atoms with Crippen molar-refractivity contribution in [1.82, 2.24) is 24.7 Å². The summed E-state index contributed by atoms with van der Waals surface area (Å²) in [4.78, 5) is 41.1. The third kappa shape index (κ3) is 4.07. The number of hydrogen-bond donors (Lipinski definition) is 0. The summed E-state index contributed by atoms with van der Waals surface area (Å²) in [5, 5.41) is 0. The Morgan fingerprint density at radius 2 is 1.52 bits per heavy atom. The largest absolute Gasteiger partial charge is 0.354 e. The van der Waals surface area contributed by atoms with Crippen molar-refractivity contribution in [3.8, 4) is 0 Å². The van der Waals surface area contributed by atoms with Gasteiger partial charge in [0.15, 0.2) is 0 Å². The van der Waals surface area contributed by atoms with Crippen molar-refractivity contribution in [1.29, 1.82) is 0 Å². The molecule has 0 bridgehead atoms. The van der Waals surface area contributed by atoms with Crippen LogP contribution in [0.3, 0.4) is 0 Å². The molecule has 136 valence electrons. The fourth-order valence-electron chi connectivity index (χ4n) is 3.25. The summed E-state index contributed by atoms with van der Waals surface area (Å²) >= 11 is 0. The Hall–Kier alpha value is -2.22. The van der Waals surface area contributed by atoms with Gasteiger partial charge in [-0.25, -0.2) is 9.97 Å². The Morgan fingerprint density at radius 3 is 2.12 bits per heavy atom. The SMILES string of the molecule is CC(=O)N1CCN(C(=O)c2cc(N3CCN(C)CC3)nc(C)n2)CC1. The number of nitrogens with zero attached hydrogens (tertiary/aromatic N) is 6. The van der Waals surface area contributed by atoms with Crippen LogP contribution in [0.15, 0.2) is 6.07 Å². The second kappa shape index (κ2) is 7.35. The van der Waals surface area contributed by atoms with Gasteiger partial charge in [0.1, 0.15) is 17.3 Å². The van der Waals surface area contributed by atoms with Crippen molar-refractivity contribution < 1.29 is 9.59 Å². The molecule has 1 aromatic heterocycles. The van der Waals surface area contributed by atoms with E-state index in [2.05, 4.69) is 26.8 Å². The Morgan fingerprint density at radius 1 is 0.920 bits per heavy atom. The van der Waals surface area contributed by atoms with Gasteiger partial charge >= 0.3 is 0 Å². The van der Waals surface area contributed by atoms with Crippen LogP contribution in [-0.4, -0.2) is 95.9 Å². The van der Waals surface area contributed by atoms with Gasteiger partial charge in [-0.2, -0.15) is 0 Å². The van der Waals surface area contributed by atoms with E-state index < -0.39 is 0 Å². The summed E-state index contributed by atoms with van der Waals surface area (Å²) in [6.07, 6.45) is 0. The summed E-state index contributed by atoms with van der Waals surface area (Å²) in [6.45, 7) is 9.41. The van der Waals surface area contributed by atoms with E-state index >= 15 is 0 Å². The van der Waals surface area contributed by atoms with E-state index in [0.29, 0.717) is 37.7 Å². The number of hydrogen-bond acceptors (Lipinski definition) is 6. The van der Waals surface area contributed by atoms with Crippen molar-refractivity contribution >= 4 is 17.6 Å². The monoisotopic (exact) mass is 346 g/mol. The topological polar surface area (TPSA) is 72.9 Å². The van der Waals surface area contributed by atoms with Crippen LogP contribution in [-0.2, 0) is 4.79 Å².